The second kappa shape index (κ2) is 8.48. The van der Waals surface area contributed by atoms with E-state index in [4.69, 9.17) is 4.42 Å². The molecule has 1 amide bonds. The molecule has 28 heavy (non-hydrogen) atoms. The zero-order valence-corrected chi connectivity index (χ0v) is 17.5. The summed E-state index contributed by atoms with van der Waals surface area (Å²) in [7, 11) is -3.67. The molecule has 0 aromatic carbocycles. The standard InChI is InChI=1S/C19H28N4O4S/c1-14(13-23-16(3)11-15(2)21-23)12-20-19(24)17-7-8-18(27-17)28(25,26)22-9-5-4-6-10-22/h7-8,11,14H,4-6,9-10,12-13H2,1-3H3,(H,20,24). The van der Waals surface area contributed by atoms with E-state index in [2.05, 4.69) is 10.4 Å². The molecule has 0 spiro atoms. The first kappa shape index (κ1) is 20.6. The number of rotatable bonds is 7. The van der Waals surface area contributed by atoms with Gasteiger partial charge in [-0.25, -0.2) is 8.42 Å². The van der Waals surface area contributed by atoms with Crippen molar-refractivity contribution in [3.8, 4) is 0 Å². The van der Waals surface area contributed by atoms with Gasteiger partial charge in [-0.3, -0.25) is 9.48 Å². The van der Waals surface area contributed by atoms with E-state index in [1.165, 1.54) is 16.4 Å². The van der Waals surface area contributed by atoms with Crippen molar-refractivity contribution in [3.63, 3.8) is 0 Å². The number of aromatic nitrogens is 2. The highest BCUT2D eigenvalue weighted by Gasteiger charge is 2.29. The van der Waals surface area contributed by atoms with Gasteiger partial charge in [-0.05, 0) is 50.8 Å². The summed E-state index contributed by atoms with van der Waals surface area (Å²) in [6, 6.07) is 4.79. The quantitative estimate of drug-likeness (QED) is 0.758. The lowest BCUT2D eigenvalue weighted by molar-refractivity contribution is 0.0913. The van der Waals surface area contributed by atoms with Crippen LogP contribution in [0.4, 0.5) is 0 Å². The van der Waals surface area contributed by atoms with Gasteiger partial charge in [0.2, 0.25) is 5.09 Å². The van der Waals surface area contributed by atoms with Crippen molar-refractivity contribution in [3.05, 3.63) is 35.3 Å². The van der Waals surface area contributed by atoms with Crippen LogP contribution in [-0.4, -0.2) is 48.0 Å². The predicted molar refractivity (Wildman–Crippen MR) is 105 cm³/mol. The highest BCUT2D eigenvalue weighted by Crippen LogP contribution is 2.22. The van der Waals surface area contributed by atoms with Crippen molar-refractivity contribution < 1.29 is 17.6 Å². The smallest absolute Gasteiger partial charge is 0.287 e. The van der Waals surface area contributed by atoms with Gasteiger partial charge in [0, 0.05) is 31.9 Å². The van der Waals surface area contributed by atoms with Crippen molar-refractivity contribution in [2.45, 2.75) is 51.7 Å². The van der Waals surface area contributed by atoms with E-state index >= 15 is 0 Å². The van der Waals surface area contributed by atoms with Crippen molar-refractivity contribution >= 4 is 15.9 Å². The van der Waals surface area contributed by atoms with Crippen LogP contribution in [0.2, 0.25) is 0 Å². The minimum atomic E-state index is -3.67. The number of nitrogens with zero attached hydrogens (tertiary/aromatic N) is 3. The number of carbonyl (C=O) groups excluding carboxylic acids is 1. The predicted octanol–water partition coefficient (Wildman–Crippen LogP) is 2.33. The van der Waals surface area contributed by atoms with Gasteiger partial charge in [0.05, 0.1) is 5.69 Å². The molecule has 3 rings (SSSR count). The van der Waals surface area contributed by atoms with E-state index < -0.39 is 15.9 Å². The second-order valence-electron chi connectivity index (χ2n) is 7.51. The third-order valence-electron chi connectivity index (χ3n) is 4.91. The molecular weight excluding hydrogens is 380 g/mol. The molecule has 1 atom stereocenters. The number of nitrogens with one attached hydrogen (secondary N) is 1. The number of piperidine rings is 1. The molecule has 9 heteroatoms. The molecule has 3 heterocycles. The normalized spacial score (nSPS) is 16.8. The lowest BCUT2D eigenvalue weighted by atomic mass is 10.2. The molecule has 8 nitrogen and oxygen atoms in total. The Morgan fingerprint density at radius 1 is 1.25 bits per heavy atom. The summed E-state index contributed by atoms with van der Waals surface area (Å²) in [4.78, 5) is 12.4. The molecule has 1 fully saturated rings. The lowest BCUT2D eigenvalue weighted by Gasteiger charge is -2.24. The Balaban J connectivity index is 1.57. The lowest BCUT2D eigenvalue weighted by Crippen LogP contribution is -2.35. The van der Waals surface area contributed by atoms with Gasteiger partial charge in [0.1, 0.15) is 0 Å². The monoisotopic (exact) mass is 408 g/mol. The molecule has 1 aliphatic rings. The van der Waals surface area contributed by atoms with Gasteiger partial charge < -0.3 is 9.73 Å². The van der Waals surface area contributed by atoms with Crippen molar-refractivity contribution in [1.82, 2.24) is 19.4 Å². The van der Waals surface area contributed by atoms with Gasteiger partial charge in [-0.1, -0.05) is 13.3 Å². The maximum absolute atomic E-state index is 12.6. The Labute approximate surface area is 165 Å². The molecular formula is C19H28N4O4S. The number of furan rings is 1. The van der Waals surface area contributed by atoms with Crippen molar-refractivity contribution in [2.75, 3.05) is 19.6 Å². The van der Waals surface area contributed by atoms with E-state index in [9.17, 15) is 13.2 Å². The van der Waals surface area contributed by atoms with Crippen LogP contribution in [0.5, 0.6) is 0 Å². The molecule has 0 saturated carbocycles. The molecule has 1 aliphatic heterocycles. The fourth-order valence-electron chi connectivity index (χ4n) is 3.39. The van der Waals surface area contributed by atoms with Gasteiger partial charge in [0.15, 0.2) is 5.76 Å². The molecule has 2 aromatic rings. The Morgan fingerprint density at radius 2 is 1.96 bits per heavy atom. The number of hydrogen-bond acceptors (Lipinski definition) is 5. The summed E-state index contributed by atoms with van der Waals surface area (Å²) in [6.45, 7) is 8.08. The summed E-state index contributed by atoms with van der Waals surface area (Å²) < 4.78 is 34.0. The average molecular weight is 409 g/mol. The first-order valence-electron chi connectivity index (χ1n) is 9.66. The zero-order valence-electron chi connectivity index (χ0n) is 16.6. The van der Waals surface area contributed by atoms with Gasteiger partial charge >= 0.3 is 0 Å². The van der Waals surface area contributed by atoms with Crippen molar-refractivity contribution in [2.24, 2.45) is 5.92 Å². The molecule has 0 aliphatic carbocycles. The van der Waals surface area contributed by atoms with Crippen LogP contribution >= 0.6 is 0 Å². The topological polar surface area (TPSA) is 97.4 Å². The summed E-state index contributed by atoms with van der Waals surface area (Å²) in [5.41, 5.74) is 2.04. The summed E-state index contributed by atoms with van der Waals surface area (Å²) >= 11 is 0. The first-order chi connectivity index (χ1) is 13.3. The Kier molecular flexibility index (Phi) is 6.24. The number of carbonyl (C=O) groups is 1. The van der Waals surface area contributed by atoms with E-state index in [0.717, 1.165) is 30.7 Å². The van der Waals surface area contributed by atoms with Crippen LogP contribution in [0.3, 0.4) is 0 Å². The van der Waals surface area contributed by atoms with Crippen LogP contribution in [-0.2, 0) is 16.6 Å². The summed E-state index contributed by atoms with van der Waals surface area (Å²) in [5, 5.41) is 7.06. The van der Waals surface area contributed by atoms with Gasteiger partial charge in [-0.2, -0.15) is 9.40 Å². The third kappa shape index (κ3) is 4.64. The van der Waals surface area contributed by atoms with E-state index in [0.29, 0.717) is 26.2 Å². The van der Waals surface area contributed by atoms with Gasteiger partial charge in [-0.15, -0.1) is 0 Å². The van der Waals surface area contributed by atoms with Crippen LogP contribution in [0.25, 0.3) is 0 Å². The van der Waals surface area contributed by atoms with Crippen LogP contribution < -0.4 is 5.32 Å². The fourth-order valence-corrected chi connectivity index (χ4v) is 4.82. The zero-order chi connectivity index (χ0) is 20.3. The van der Waals surface area contributed by atoms with Gasteiger partial charge in [0.25, 0.3) is 15.9 Å². The summed E-state index contributed by atoms with van der Waals surface area (Å²) in [5.74, 6) is -0.248. The highest BCUT2D eigenvalue weighted by molar-refractivity contribution is 7.89. The molecule has 154 valence electrons. The number of amides is 1. The maximum Gasteiger partial charge on any atom is 0.287 e. The molecule has 2 aromatic heterocycles. The van der Waals surface area contributed by atoms with E-state index in [1.807, 2.05) is 31.5 Å². The second-order valence-corrected chi connectivity index (χ2v) is 9.38. The van der Waals surface area contributed by atoms with E-state index in [1.54, 1.807) is 0 Å². The largest absolute Gasteiger partial charge is 0.438 e. The summed E-state index contributed by atoms with van der Waals surface area (Å²) in [6.07, 6.45) is 2.73. The number of aryl methyl sites for hydroxylation is 2. The molecule has 0 bridgehead atoms. The Morgan fingerprint density at radius 3 is 2.61 bits per heavy atom. The molecule has 1 unspecified atom stereocenters. The Hall–Kier alpha value is -2.13. The minimum absolute atomic E-state index is 0.00824. The number of hydrogen-bond donors (Lipinski definition) is 1. The maximum atomic E-state index is 12.6. The first-order valence-corrected chi connectivity index (χ1v) is 11.1. The van der Waals surface area contributed by atoms with Crippen LogP contribution in [0.15, 0.2) is 27.7 Å². The average Bonchev–Trinajstić information content (AvgIpc) is 3.28. The van der Waals surface area contributed by atoms with Crippen LogP contribution in [0.1, 0.15) is 48.1 Å². The minimum Gasteiger partial charge on any atom is -0.438 e. The number of sulfonamides is 1. The molecule has 0 radical (unpaired) electrons. The van der Waals surface area contributed by atoms with Crippen molar-refractivity contribution in [1.29, 1.82) is 0 Å². The molecule has 1 saturated heterocycles. The Bertz CT molecular complexity index is 926. The SMILES string of the molecule is Cc1cc(C)n(CC(C)CNC(=O)c2ccc(S(=O)(=O)N3CCCCC3)o2)n1. The van der Waals surface area contributed by atoms with E-state index in [-0.39, 0.29) is 16.8 Å². The molecule has 1 N–H and O–H groups in total. The third-order valence-corrected chi connectivity index (χ3v) is 6.69. The fraction of sp³-hybridized carbons (Fsp3) is 0.579. The van der Waals surface area contributed by atoms with Crippen LogP contribution in [0, 0.1) is 19.8 Å². The highest BCUT2D eigenvalue weighted by atomic mass is 32.2.